The van der Waals surface area contributed by atoms with E-state index in [1.54, 1.807) is 18.1 Å². The van der Waals surface area contributed by atoms with Crippen LogP contribution in [-0.2, 0) is 25.8 Å². The molecule has 0 spiro atoms. The van der Waals surface area contributed by atoms with Gasteiger partial charge in [-0.2, -0.15) is 6.08 Å². The number of rotatable bonds is 4. The van der Waals surface area contributed by atoms with Gasteiger partial charge in [0.25, 0.3) is 0 Å². The minimum Gasteiger partial charge on any atom is -1.00 e. The van der Waals surface area contributed by atoms with Gasteiger partial charge < -0.3 is 24.8 Å². The van der Waals surface area contributed by atoms with Crippen molar-refractivity contribution >= 4 is 8.07 Å². The van der Waals surface area contributed by atoms with Gasteiger partial charge in [0, 0.05) is 25.8 Å². The third-order valence-electron chi connectivity index (χ3n) is 4.36. The summed E-state index contributed by atoms with van der Waals surface area (Å²) in [7, 11) is -0.832. The Balaban J connectivity index is 0. The molecule has 0 unspecified atom stereocenters. The average Bonchev–Trinajstić information content (AvgIpc) is 3.04. The summed E-state index contributed by atoms with van der Waals surface area (Å²) >= 11 is 0. The Morgan fingerprint density at radius 3 is 2.24 bits per heavy atom. The van der Waals surface area contributed by atoms with E-state index < -0.39 is 8.07 Å². The molecule has 21 heavy (non-hydrogen) atoms. The van der Waals surface area contributed by atoms with E-state index in [0.717, 1.165) is 6.42 Å². The van der Waals surface area contributed by atoms with Crippen LogP contribution in [0.2, 0.25) is 18.1 Å². The van der Waals surface area contributed by atoms with Crippen molar-refractivity contribution in [1.82, 2.24) is 0 Å². The third kappa shape index (κ3) is 7.15. The molecule has 3 rings (SSSR count). The fraction of sp³-hybridized carbons (Fsp3) is 0.529. The summed E-state index contributed by atoms with van der Waals surface area (Å²) in [6, 6.07) is 4.78. The standard InChI is InChI=1S/C12H20Si.C5H5.2ClH.Hf/c1-2-3-9-13(10-6-11-13)12-7-4-5-8-12;1-2-4-5-3-1;;;/h4-5,7H,2-3,6,8-11H2,1H3;1-3H,4H2;2*1H;/q;-1;;;/p-2. The molecule has 0 aromatic carbocycles. The zero-order valence-corrected chi connectivity index (χ0v) is 19.0. The molecule has 0 nitrogen and oxygen atoms in total. The van der Waals surface area contributed by atoms with Gasteiger partial charge in [0.2, 0.25) is 0 Å². The summed E-state index contributed by atoms with van der Waals surface area (Å²) in [6.07, 6.45) is 22.7. The van der Waals surface area contributed by atoms with Crippen molar-refractivity contribution in [1.29, 1.82) is 0 Å². The molecule has 1 saturated heterocycles. The summed E-state index contributed by atoms with van der Waals surface area (Å²) in [4.78, 5) is 0. The summed E-state index contributed by atoms with van der Waals surface area (Å²) in [6.45, 7) is 2.32. The van der Waals surface area contributed by atoms with Gasteiger partial charge in [-0.3, -0.25) is 6.08 Å². The topological polar surface area (TPSA) is 0 Å². The molecule has 0 atom stereocenters. The van der Waals surface area contributed by atoms with E-state index in [4.69, 9.17) is 0 Å². The normalized spacial score (nSPS) is 19.2. The smallest absolute Gasteiger partial charge is 0.0819 e. The van der Waals surface area contributed by atoms with E-state index in [0.29, 0.717) is 0 Å². The number of unbranched alkanes of at least 4 members (excludes halogenated alkanes) is 1. The minimum atomic E-state index is -0.832. The SMILES string of the molecule is CCCC[Si]1(C2=CC=CC2)CCC1.[C-]1=CC=CC1.[Cl-].[Cl-].[Hf]. The second-order valence-corrected chi connectivity index (χ2v) is 10.3. The maximum absolute atomic E-state index is 2.99. The fourth-order valence-corrected chi connectivity index (χ4v) is 7.73. The van der Waals surface area contributed by atoms with Gasteiger partial charge >= 0.3 is 0 Å². The first-order valence-corrected chi connectivity index (χ1v) is 10.1. The molecule has 0 radical (unpaired) electrons. The molecule has 4 heteroatoms. The van der Waals surface area contributed by atoms with Gasteiger partial charge in [-0.15, -0.1) is 6.42 Å². The van der Waals surface area contributed by atoms with Crippen LogP contribution in [0.5, 0.6) is 0 Å². The van der Waals surface area contributed by atoms with Crippen molar-refractivity contribution < 1.29 is 50.7 Å². The molecule has 0 N–H and O–H groups in total. The Morgan fingerprint density at radius 1 is 1.14 bits per heavy atom. The van der Waals surface area contributed by atoms with Crippen molar-refractivity contribution in [3.63, 3.8) is 0 Å². The van der Waals surface area contributed by atoms with Gasteiger partial charge in [0.1, 0.15) is 0 Å². The van der Waals surface area contributed by atoms with Crippen LogP contribution in [-0.4, -0.2) is 8.07 Å². The van der Waals surface area contributed by atoms with Gasteiger partial charge in [-0.05, 0) is 6.42 Å². The van der Waals surface area contributed by atoms with Gasteiger partial charge in [0.05, 0.1) is 8.07 Å². The predicted octanol–water partition coefficient (Wildman–Crippen LogP) is -0.624. The second kappa shape index (κ2) is 13.1. The Hall–Kier alpha value is 0.627. The summed E-state index contributed by atoms with van der Waals surface area (Å²) in [5.41, 5.74) is 0. The zero-order valence-electron chi connectivity index (χ0n) is 12.9. The van der Waals surface area contributed by atoms with Crippen LogP contribution in [0.3, 0.4) is 0 Å². The van der Waals surface area contributed by atoms with E-state index in [9.17, 15) is 0 Å². The Kier molecular flexibility index (Phi) is 14.9. The molecule has 0 amide bonds. The molecular formula is C17H25Cl2HfSi-3. The molecule has 0 aromatic heterocycles. The number of hydrogen-bond donors (Lipinski definition) is 0. The first-order chi connectivity index (χ1) is 8.87. The van der Waals surface area contributed by atoms with E-state index in [2.05, 4.69) is 37.3 Å². The molecular weight excluding hydrogens is 482 g/mol. The Morgan fingerprint density at radius 2 is 1.90 bits per heavy atom. The van der Waals surface area contributed by atoms with Crippen LogP contribution in [0, 0.1) is 6.08 Å². The average molecular weight is 507 g/mol. The maximum Gasteiger partial charge on any atom is 0.0819 e. The molecule has 0 bridgehead atoms. The molecule has 118 valence electrons. The molecule has 2 aliphatic carbocycles. The summed E-state index contributed by atoms with van der Waals surface area (Å²) < 4.78 is 0. The fourth-order valence-electron chi connectivity index (χ4n) is 3.03. The third-order valence-corrected chi connectivity index (χ3v) is 10.0. The molecule has 0 aromatic rings. The Labute approximate surface area is 162 Å². The van der Waals surface area contributed by atoms with Crippen LogP contribution >= 0.6 is 0 Å². The maximum atomic E-state index is 2.99. The molecule has 1 heterocycles. The van der Waals surface area contributed by atoms with Crippen LogP contribution < -0.4 is 24.8 Å². The monoisotopic (exact) mass is 507 g/mol. The first kappa shape index (κ1) is 23.9. The number of halogens is 2. The van der Waals surface area contributed by atoms with E-state index in [1.807, 2.05) is 17.3 Å². The van der Waals surface area contributed by atoms with Crippen molar-refractivity contribution in [3.05, 3.63) is 47.7 Å². The van der Waals surface area contributed by atoms with Crippen molar-refractivity contribution in [2.45, 2.75) is 57.2 Å². The Bertz CT molecular complexity index is 372. The second-order valence-electron chi connectivity index (χ2n) is 5.56. The van der Waals surface area contributed by atoms with Crippen LogP contribution in [0.1, 0.15) is 39.0 Å². The number of allylic oxidation sites excluding steroid dienone is 8. The predicted molar refractivity (Wildman–Crippen MR) is 83.1 cm³/mol. The molecule has 1 fully saturated rings. The molecule has 1 aliphatic heterocycles. The van der Waals surface area contributed by atoms with Crippen molar-refractivity contribution in [2.75, 3.05) is 0 Å². The van der Waals surface area contributed by atoms with Crippen LogP contribution in [0.25, 0.3) is 0 Å². The quantitative estimate of drug-likeness (QED) is 0.352. The van der Waals surface area contributed by atoms with Gasteiger partial charge in [-0.1, -0.05) is 67.7 Å². The summed E-state index contributed by atoms with van der Waals surface area (Å²) in [5.74, 6) is 0. The van der Waals surface area contributed by atoms with E-state index in [1.165, 1.54) is 25.7 Å². The summed E-state index contributed by atoms with van der Waals surface area (Å²) in [5, 5.41) is 1.87. The zero-order chi connectivity index (χ0) is 12.7. The van der Waals surface area contributed by atoms with Crippen LogP contribution in [0.4, 0.5) is 0 Å². The van der Waals surface area contributed by atoms with Gasteiger partial charge in [0.15, 0.2) is 0 Å². The first-order valence-electron chi connectivity index (χ1n) is 7.45. The molecule has 3 aliphatic rings. The minimum absolute atomic E-state index is 0. The van der Waals surface area contributed by atoms with Crippen molar-refractivity contribution in [2.24, 2.45) is 0 Å². The van der Waals surface area contributed by atoms with Crippen LogP contribution in [0.15, 0.2) is 41.7 Å². The van der Waals surface area contributed by atoms with E-state index >= 15 is 0 Å². The van der Waals surface area contributed by atoms with Crippen molar-refractivity contribution in [3.8, 4) is 0 Å². The van der Waals surface area contributed by atoms with E-state index in [-0.39, 0.29) is 50.7 Å². The molecule has 0 saturated carbocycles. The number of hydrogen-bond acceptors (Lipinski definition) is 0. The largest absolute Gasteiger partial charge is 1.00 e. The van der Waals surface area contributed by atoms with Gasteiger partial charge in [-0.25, -0.2) is 12.2 Å².